The Balaban J connectivity index is 1.59. The topological polar surface area (TPSA) is 77.0 Å². The lowest BCUT2D eigenvalue weighted by atomic mass is 10.0. The monoisotopic (exact) mass is 417 g/mol. The number of rotatable bonds is 6. The van der Waals surface area contributed by atoms with Crippen LogP contribution in [0.15, 0.2) is 23.2 Å². The normalized spacial score (nSPS) is 20.5. The molecule has 164 valence electrons. The van der Waals surface area contributed by atoms with Crippen molar-refractivity contribution < 1.29 is 14.0 Å². The molecule has 0 bridgehead atoms. The molecule has 2 heterocycles. The SMILES string of the molecule is CCNC(=NCCN1C(=O)CCCC1=O)NC1CCCN(c2cc(C)ccc2F)C1. The summed E-state index contributed by atoms with van der Waals surface area (Å²) in [5.74, 6) is 0.244. The molecule has 1 aromatic rings. The van der Waals surface area contributed by atoms with Gasteiger partial charge in [0.15, 0.2) is 5.96 Å². The third-order valence-electron chi connectivity index (χ3n) is 5.53. The number of hydrogen-bond donors (Lipinski definition) is 2. The molecular formula is C22H32FN5O2. The number of aryl methyl sites for hydroxylation is 1. The molecule has 2 saturated heterocycles. The summed E-state index contributed by atoms with van der Waals surface area (Å²) in [5, 5.41) is 6.66. The van der Waals surface area contributed by atoms with E-state index in [9.17, 15) is 14.0 Å². The number of imide groups is 1. The van der Waals surface area contributed by atoms with Gasteiger partial charge in [-0.25, -0.2) is 4.39 Å². The zero-order chi connectivity index (χ0) is 21.5. The van der Waals surface area contributed by atoms with Crippen LogP contribution in [0.3, 0.4) is 0 Å². The molecule has 3 rings (SSSR count). The highest BCUT2D eigenvalue weighted by Gasteiger charge is 2.26. The number of benzene rings is 1. The Morgan fingerprint density at radius 3 is 2.73 bits per heavy atom. The largest absolute Gasteiger partial charge is 0.367 e. The van der Waals surface area contributed by atoms with Gasteiger partial charge in [-0.2, -0.15) is 0 Å². The molecule has 2 aliphatic heterocycles. The summed E-state index contributed by atoms with van der Waals surface area (Å²) >= 11 is 0. The van der Waals surface area contributed by atoms with E-state index in [0.29, 0.717) is 57.1 Å². The lowest BCUT2D eigenvalue weighted by Gasteiger charge is -2.35. The zero-order valence-electron chi connectivity index (χ0n) is 17.9. The van der Waals surface area contributed by atoms with Crippen molar-refractivity contribution in [2.75, 3.05) is 37.6 Å². The van der Waals surface area contributed by atoms with Gasteiger partial charge in [-0.3, -0.25) is 19.5 Å². The zero-order valence-corrected chi connectivity index (χ0v) is 17.9. The average Bonchev–Trinajstić information content (AvgIpc) is 2.72. The number of aliphatic imine (C=N–C) groups is 1. The van der Waals surface area contributed by atoms with Crippen LogP contribution in [0.4, 0.5) is 10.1 Å². The lowest BCUT2D eigenvalue weighted by molar-refractivity contribution is -0.147. The number of halogens is 1. The van der Waals surface area contributed by atoms with Gasteiger partial charge in [-0.05, 0) is 50.8 Å². The molecule has 1 unspecified atom stereocenters. The first-order valence-corrected chi connectivity index (χ1v) is 10.9. The van der Waals surface area contributed by atoms with E-state index in [1.807, 2.05) is 19.9 Å². The van der Waals surface area contributed by atoms with Crippen LogP contribution in [-0.4, -0.2) is 61.4 Å². The number of guanidine groups is 1. The van der Waals surface area contributed by atoms with Crippen molar-refractivity contribution >= 4 is 23.5 Å². The molecule has 0 radical (unpaired) electrons. The highest BCUT2D eigenvalue weighted by Crippen LogP contribution is 2.24. The molecule has 0 aromatic heterocycles. The fourth-order valence-corrected chi connectivity index (χ4v) is 4.00. The molecule has 2 N–H and O–H groups in total. The summed E-state index contributed by atoms with van der Waals surface area (Å²) in [6, 6.07) is 5.33. The highest BCUT2D eigenvalue weighted by atomic mass is 19.1. The first-order valence-electron chi connectivity index (χ1n) is 10.9. The van der Waals surface area contributed by atoms with Gasteiger partial charge < -0.3 is 15.5 Å². The van der Waals surface area contributed by atoms with Gasteiger partial charge in [-0.1, -0.05) is 6.07 Å². The van der Waals surface area contributed by atoms with Gasteiger partial charge in [-0.15, -0.1) is 0 Å². The van der Waals surface area contributed by atoms with E-state index in [2.05, 4.69) is 20.5 Å². The maximum Gasteiger partial charge on any atom is 0.229 e. The molecule has 2 amide bonds. The molecule has 7 nitrogen and oxygen atoms in total. The smallest absolute Gasteiger partial charge is 0.229 e. The number of piperidine rings is 2. The number of carbonyl (C=O) groups excluding carboxylic acids is 2. The van der Waals surface area contributed by atoms with Crippen molar-refractivity contribution in [1.82, 2.24) is 15.5 Å². The molecule has 1 aromatic carbocycles. The van der Waals surface area contributed by atoms with Crippen LogP contribution < -0.4 is 15.5 Å². The number of carbonyl (C=O) groups is 2. The Hall–Kier alpha value is -2.64. The molecule has 2 aliphatic rings. The van der Waals surface area contributed by atoms with Crippen LogP contribution in [0.1, 0.15) is 44.6 Å². The summed E-state index contributed by atoms with van der Waals surface area (Å²) in [5.41, 5.74) is 1.68. The van der Waals surface area contributed by atoms with Crippen LogP contribution in [0.5, 0.6) is 0 Å². The minimum absolute atomic E-state index is 0.109. The van der Waals surface area contributed by atoms with E-state index in [-0.39, 0.29) is 23.7 Å². The number of nitrogens with zero attached hydrogens (tertiary/aromatic N) is 3. The van der Waals surface area contributed by atoms with E-state index in [0.717, 1.165) is 24.9 Å². The van der Waals surface area contributed by atoms with Crippen molar-refractivity contribution in [3.63, 3.8) is 0 Å². The van der Waals surface area contributed by atoms with Crippen molar-refractivity contribution in [2.45, 2.75) is 52.0 Å². The molecule has 2 fully saturated rings. The second-order valence-electron chi connectivity index (χ2n) is 7.94. The second kappa shape index (κ2) is 10.4. The number of nitrogens with one attached hydrogen (secondary N) is 2. The molecule has 1 atom stereocenters. The van der Waals surface area contributed by atoms with E-state index in [1.54, 1.807) is 6.07 Å². The van der Waals surface area contributed by atoms with Gasteiger partial charge in [0.25, 0.3) is 0 Å². The third kappa shape index (κ3) is 5.70. The number of hydrogen-bond acceptors (Lipinski definition) is 4. The van der Waals surface area contributed by atoms with Gasteiger partial charge in [0.2, 0.25) is 11.8 Å². The number of likely N-dealkylation sites (tertiary alicyclic amines) is 1. The van der Waals surface area contributed by atoms with Crippen molar-refractivity contribution in [2.24, 2.45) is 4.99 Å². The average molecular weight is 418 g/mol. The minimum Gasteiger partial charge on any atom is -0.367 e. The first-order chi connectivity index (χ1) is 14.5. The van der Waals surface area contributed by atoms with Crippen molar-refractivity contribution in [1.29, 1.82) is 0 Å². The van der Waals surface area contributed by atoms with Gasteiger partial charge >= 0.3 is 0 Å². The van der Waals surface area contributed by atoms with E-state index >= 15 is 0 Å². The molecular weight excluding hydrogens is 385 g/mol. The lowest BCUT2D eigenvalue weighted by Crippen LogP contribution is -2.51. The molecule has 30 heavy (non-hydrogen) atoms. The van der Waals surface area contributed by atoms with Gasteiger partial charge in [0.1, 0.15) is 5.82 Å². The Morgan fingerprint density at radius 1 is 1.23 bits per heavy atom. The van der Waals surface area contributed by atoms with Crippen LogP contribution in [-0.2, 0) is 9.59 Å². The molecule has 0 aliphatic carbocycles. The summed E-state index contributed by atoms with van der Waals surface area (Å²) in [6.45, 7) is 6.84. The van der Waals surface area contributed by atoms with Gasteiger partial charge in [0.05, 0.1) is 12.2 Å². The second-order valence-corrected chi connectivity index (χ2v) is 7.94. The maximum atomic E-state index is 14.3. The number of amides is 2. The Labute approximate surface area is 177 Å². The van der Waals surface area contributed by atoms with Crippen LogP contribution >= 0.6 is 0 Å². The summed E-state index contributed by atoms with van der Waals surface area (Å²) in [7, 11) is 0. The van der Waals surface area contributed by atoms with Crippen LogP contribution in [0, 0.1) is 12.7 Å². The van der Waals surface area contributed by atoms with E-state index in [4.69, 9.17) is 0 Å². The Kier molecular flexibility index (Phi) is 7.65. The minimum atomic E-state index is -0.197. The van der Waals surface area contributed by atoms with E-state index in [1.165, 1.54) is 11.0 Å². The van der Waals surface area contributed by atoms with Crippen molar-refractivity contribution in [3.8, 4) is 0 Å². The highest BCUT2D eigenvalue weighted by molar-refractivity contribution is 5.97. The van der Waals surface area contributed by atoms with E-state index < -0.39 is 0 Å². The summed E-state index contributed by atoms with van der Waals surface area (Å²) in [4.78, 5) is 31.8. The maximum absolute atomic E-state index is 14.3. The predicted octanol–water partition coefficient (Wildman–Crippen LogP) is 2.20. The summed E-state index contributed by atoms with van der Waals surface area (Å²) < 4.78 is 14.3. The Morgan fingerprint density at radius 2 is 2.00 bits per heavy atom. The molecule has 8 heteroatoms. The van der Waals surface area contributed by atoms with Crippen LogP contribution in [0.25, 0.3) is 0 Å². The van der Waals surface area contributed by atoms with Gasteiger partial charge in [0, 0.05) is 45.1 Å². The quantitative estimate of drug-likeness (QED) is 0.422. The first kappa shape index (κ1) is 22.1. The molecule has 0 saturated carbocycles. The van der Waals surface area contributed by atoms with Crippen molar-refractivity contribution in [3.05, 3.63) is 29.6 Å². The summed E-state index contributed by atoms with van der Waals surface area (Å²) in [6.07, 6.45) is 3.43. The molecule has 0 spiro atoms. The Bertz CT molecular complexity index is 782. The standard InChI is InChI=1S/C22H32FN5O2/c1-3-24-22(25-11-13-28-20(29)7-4-8-21(28)30)26-17-6-5-12-27(15-17)19-14-16(2)9-10-18(19)23/h9-10,14,17H,3-8,11-13,15H2,1-2H3,(H2,24,25,26). The third-order valence-corrected chi connectivity index (χ3v) is 5.53. The number of anilines is 1. The predicted molar refractivity (Wildman–Crippen MR) is 116 cm³/mol. The fraction of sp³-hybridized carbons (Fsp3) is 0.591. The fourth-order valence-electron chi connectivity index (χ4n) is 4.00. The van der Waals surface area contributed by atoms with Crippen LogP contribution in [0.2, 0.25) is 0 Å².